The maximum absolute atomic E-state index is 3.53. The van der Waals surface area contributed by atoms with Crippen molar-refractivity contribution in [2.24, 2.45) is 0 Å². The minimum atomic E-state index is 0.512. The third kappa shape index (κ3) is 3.33. The molecule has 1 aromatic heterocycles. The van der Waals surface area contributed by atoms with E-state index in [2.05, 4.69) is 57.1 Å². The lowest BCUT2D eigenvalue weighted by Gasteiger charge is -2.14. The van der Waals surface area contributed by atoms with Crippen molar-refractivity contribution in [2.75, 3.05) is 6.54 Å². The molecule has 80 valence electrons. The number of hydrogen-bond donors (Lipinski definition) is 1. The van der Waals surface area contributed by atoms with E-state index in [-0.39, 0.29) is 0 Å². The zero-order valence-corrected chi connectivity index (χ0v) is 12.4. The second-order valence-corrected chi connectivity index (χ2v) is 6.43. The van der Waals surface area contributed by atoms with Crippen LogP contribution in [0.3, 0.4) is 0 Å². The fourth-order valence-electron chi connectivity index (χ4n) is 1.42. The first-order valence-electron chi connectivity index (χ1n) is 4.87. The lowest BCUT2D eigenvalue weighted by atomic mass is 10.1. The van der Waals surface area contributed by atoms with Crippen molar-refractivity contribution in [3.63, 3.8) is 0 Å². The van der Waals surface area contributed by atoms with Gasteiger partial charge in [0.2, 0.25) is 0 Å². The third-order valence-electron chi connectivity index (χ3n) is 2.04. The summed E-state index contributed by atoms with van der Waals surface area (Å²) in [5.41, 5.74) is 0. The summed E-state index contributed by atoms with van der Waals surface area (Å²) in [5.74, 6) is 0. The fourth-order valence-corrected chi connectivity index (χ4v) is 3.61. The van der Waals surface area contributed by atoms with Crippen LogP contribution in [0.4, 0.5) is 0 Å². The highest BCUT2D eigenvalue weighted by atomic mass is 79.9. The molecule has 0 amide bonds. The van der Waals surface area contributed by atoms with Crippen LogP contribution in [-0.2, 0) is 0 Å². The predicted molar refractivity (Wildman–Crippen MR) is 71.0 cm³/mol. The number of hydrogen-bond acceptors (Lipinski definition) is 2. The number of nitrogens with one attached hydrogen (secondary N) is 1. The quantitative estimate of drug-likeness (QED) is 0.817. The minimum absolute atomic E-state index is 0.512. The van der Waals surface area contributed by atoms with Gasteiger partial charge in [-0.25, -0.2) is 0 Å². The molecule has 0 aliphatic carbocycles. The summed E-state index contributed by atoms with van der Waals surface area (Å²) in [4.78, 5) is 1.41. The fraction of sp³-hybridized carbons (Fsp3) is 0.600. The zero-order chi connectivity index (χ0) is 10.6. The van der Waals surface area contributed by atoms with Gasteiger partial charge in [0.15, 0.2) is 0 Å². The van der Waals surface area contributed by atoms with Crippen molar-refractivity contribution < 1.29 is 0 Å². The van der Waals surface area contributed by atoms with Gasteiger partial charge in [-0.1, -0.05) is 20.3 Å². The van der Waals surface area contributed by atoms with Gasteiger partial charge in [-0.2, -0.15) is 0 Å². The molecule has 1 aromatic rings. The maximum Gasteiger partial charge on any atom is 0.0843 e. The van der Waals surface area contributed by atoms with E-state index >= 15 is 0 Å². The molecule has 1 atom stereocenters. The molecule has 1 N–H and O–H groups in total. The van der Waals surface area contributed by atoms with Gasteiger partial charge in [-0.05, 0) is 50.9 Å². The average Bonchev–Trinajstić information content (AvgIpc) is 2.47. The van der Waals surface area contributed by atoms with Crippen LogP contribution in [0.25, 0.3) is 0 Å². The highest BCUT2D eigenvalue weighted by Crippen LogP contribution is 2.36. The number of rotatable bonds is 5. The van der Waals surface area contributed by atoms with Crippen LogP contribution < -0.4 is 5.32 Å². The van der Waals surface area contributed by atoms with E-state index in [9.17, 15) is 0 Å². The van der Waals surface area contributed by atoms with E-state index < -0.39 is 0 Å². The second-order valence-electron chi connectivity index (χ2n) is 3.17. The Morgan fingerprint density at radius 2 is 2.14 bits per heavy atom. The third-order valence-corrected chi connectivity index (χ3v) is 5.41. The van der Waals surface area contributed by atoms with Gasteiger partial charge in [0, 0.05) is 15.4 Å². The first kappa shape index (κ1) is 12.7. The minimum Gasteiger partial charge on any atom is -0.310 e. The molecule has 0 aromatic carbocycles. The van der Waals surface area contributed by atoms with Crippen molar-refractivity contribution >= 4 is 43.2 Å². The van der Waals surface area contributed by atoms with Gasteiger partial charge in [0.1, 0.15) is 0 Å². The summed E-state index contributed by atoms with van der Waals surface area (Å²) in [6, 6.07) is 2.72. The monoisotopic (exact) mass is 339 g/mol. The molecule has 1 rings (SSSR count). The normalized spacial score (nSPS) is 13.1. The van der Waals surface area contributed by atoms with Gasteiger partial charge in [-0.15, -0.1) is 11.3 Å². The van der Waals surface area contributed by atoms with Crippen molar-refractivity contribution in [2.45, 2.75) is 32.7 Å². The van der Waals surface area contributed by atoms with Gasteiger partial charge >= 0.3 is 0 Å². The van der Waals surface area contributed by atoms with Crippen LogP contribution in [-0.4, -0.2) is 6.54 Å². The average molecular weight is 341 g/mol. The Balaban J connectivity index is 2.76. The van der Waals surface area contributed by atoms with E-state index in [1.54, 1.807) is 0 Å². The van der Waals surface area contributed by atoms with E-state index in [0.717, 1.165) is 11.0 Å². The van der Waals surface area contributed by atoms with Gasteiger partial charge in [0.25, 0.3) is 0 Å². The SMILES string of the molecule is CCCC(NCC)c1cc(Br)c(Br)s1. The molecule has 0 saturated heterocycles. The first-order chi connectivity index (χ1) is 6.69. The molecule has 1 nitrogen and oxygen atoms in total. The lowest BCUT2D eigenvalue weighted by Crippen LogP contribution is -2.19. The molecule has 0 radical (unpaired) electrons. The smallest absolute Gasteiger partial charge is 0.0843 e. The summed E-state index contributed by atoms with van der Waals surface area (Å²) in [6.45, 7) is 5.40. The van der Waals surface area contributed by atoms with Crippen LogP contribution in [0.15, 0.2) is 14.3 Å². The van der Waals surface area contributed by atoms with Crippen molar-refractivity contribution in [3.05, 3.63) is 19.2 Å². The second kappa shape index (κ2) is 6.26. The van der Waals surface area contributed by atoms with Crippen LogP contribution in [0, 0.1) is 0 Å². The molecule has 0 saturated carbocycles. The van der Waals surface area contributed by atoms with E-state index in [1.807, 2.05) is 11.3 Å². The molecule has 0 aliphatic rings. The van der Waals surface area contributed by atoms with Crippen LogP contribution in [0.1, 0.15) is 37.6 Å². The number of halogens is 2. The van der Waals surface area contributed by atoms with E-state index in [0.29, 0.717) is 6.04 Å². The van der Waals surface area contributed by atoms with Gasteiger partial charge in [-0.3, -0.25) is 0 Å². The Bertz CT molecular complexity index is 260. The first-order valence-corrected chi connectivity index (χ1v) is 7.27. The summed E-state index contributed by atoms with van der Waals surface area (Å²) in [6.07, 6.45) is 2.41. The number of thiophene rings is 1. The largest absolute Gasteiger partial charge is 0.310 e. The highest BCUT2D eigenvalue weighted by Gasteiger charge is 2.13. The summed E-state index contributed by atoms with van der Waals surface area (Å²) < 4.78 is 2.35. The van der Waals surface area contributed by atoms with Crippen LogP contribution in [0.5, 0.6) is 0 Å². The standard InChI is InChI=1S/C10H15Br2NS/c1-3-5-8(13-4-2)9-6-7(11)10(12)14-9/h6,8,13H,3-5H2,1-2H3. The molecule has 1 heterocycles. The summed E-state index contributed by atoms with van der Waals surface area (Å²) in [7, 11) is 0. The summed E-state index contributed by atoms with van der Waals surface area (Å²) >= 11 is 8.86. The highest BCUT2D eigenvalue weighted by molar-refractivity contribution is 9.13. The Hall–Kier alpha value is 0.620. The van der Waals surface area contributed by atoms with Crippen molar-refractivity contribution in [1.29, 1.82) is 0 Å². The molecule has 14 heavy (non-hydrogen) atoms. The van der Waals surface area contributed by atoms with Gasteiger partial charge in [0.05, 0.1) is 3.79 Å². The predicted octanol–water partition coefficient (Wildman–Crippen LogP) is 4.72. The molecule has 1 unspecified atom stereocenters. The van der Waals surface area contributed by atoms with Crippen molar-refractivity contribution in [3.8, 4) is 0 Å². The van der Waals surface area contributed by atoms with Crippen LogP contribution in [0.2, 0.25) is 0 Å². The topological polar surface area (TPSA) is 12.0 Å². The van der Waals surface area contributed by atoms with E-state index in [4.69, 9.17) is 0 Å². The Kier molecular flexibility index (Phi) is 5.67. The van der Waals surface area contributed by atoms with Crippen LogP contribution >= 0.6 is 43.2 Å². The molecule has 4 heteroatoms. The van der Waals surface area contributed by atoms with Crippen molar-refractivity contribution in [1.82, 2.24) is 5.32 Å². The zero-order valence-electron chi connectivity index (χ0n) is 8.44. The molecule has 0 aliphatic heterocycles. The molecular formula is C10H15Br2NS. The molecule has 0 bridgehead atoms. The lowest BCUT2D eigenvalue weighted by molar-refractivity contribution is 0.516. The molecule has 0 fully saturated rings. The van der Waals surface area contributed by atoms with E-state index in [1.165, 1.54) is 21.5 Å². The molecular weight excluding hydrogens is 326 g/mol. The Morgan fingerprint density at radius 1 is 1.43 bits per heavy atom. The maximum atomic E-state index is 3.53. The Morgan fingerprint density at radius 3 is 2.57 bits per heavy atom. The summed E-state index contributed by atoms with van der Waals surface area (Å²) in [5, 5.41) is 3.51. The molecule has 0 spiro atoms. The Labute approximate surface area is 107 Å². The van der Waals surface area contributed by atoms with Gasteiger partial charge < -0.3 is 5.32 Å².